The molecule has 1 saturated heterocycles. The molecule has 0 aliphatic carbocycles. The number of fused-ring (bicyclic) bond motifs is 1. The van der Waals surface area contributed by atoms with Crippen molar-refractivity contribution >= 4 is 34.2 Å². The smallest absolute Gasteiger partial charge is 0.368 e. The van der Waals surface area contributed by atoms with Crippen LogP contribution in [0.5, 0.6) is 0 Å². The fraction of sp³-hybridized carbons (Fsp3) is 0.375. The summed E-state index contributed by atoms with van der Waals surface area (Å²) < 4.78 is 41.7. The maximum atomic E-state index is 13.6. The number of amides is 1. The van der Waals surface area contributed by atoms with Crippen LogP contribution in [0.1, 0.15) is 29.8 Å². The number of benzene rings is 2. The van der Waals surface area contributed by atoms with E-state index in [9.17, 15) is 22.8 Å². The molecule has 180 valence electrons. The van der Waals surface area contributed by atoms with Gasteiger partial charge in [0.15, 0.2) is 0 Å². The van der Waals surface area contributed by atoms with Gasteiger partial charge < -0.3 is 9.80 Å². The van der Waals surface area contributed by atoms with Crippen molar-refractivity contribution in [3.05, 3.63) is 68.6 Å². The Labute approximate surface area is 199 Å². The molecule has 1 amide bonds. The van der Waals surface area contributed by atoms with Gasteiger partial charge in [0, 0.05) is 36.9 Å². The molecule has 0 saturated carbocycles. The lowest BCUT2D eigenvalue weighted by atomic mass is 10.1. The summed E-state index contributed by atoms with van der Waals surface area (Å²) in [5.41, 5.74) is -0.0843. The van der Waals surface area contributed by atoms with E-state index in [2.05, 4.69) is 9.88 Å². The maximum Gasteiger partial charge on any atom is 0.438 e. The van der Waals surface area contributed by atoms with E-state index in [0.29, 0.717) is 31.2 Å². The zero-order chi connectivity index (χ0) is 24.8. The first-order valence-electron chi connectivity index (χ1n) is 10.9. The van der Waals surface area contributed by atoms with E-state index in [4.69, 9.17) is 11.6 Å². The van der Waals surface area contributed by atoms with Crippen molar-refractivity contribution < 1.29 is 18.0 Å². The molecular weight excluding hydrogens is 469 g/mol. The molecule has 3 aromatic rings. The summed E-state index contributed by atoms with van der Waals surface area (Å²) in [6, 6.07) is 9.38. The molecule has 0 spiro atoms. The Morgan fingerprint density at radius 3 is 2.21 bits per heavy atom. The Morgan fingerprint density at radius 1 is 1.03 bits per heavy atom. The van der Waals surface area contributed by atoms with Crippen LogP contribution in [0.3, 0.4) is 0 Å². The predicted octanol–water partition coefficient (Wildman–Crippen LogP) is 4.60. The third-order valence-electron chi connectivity index (χ3n) is 6.30. The number of aryl methyl sites for hydroxylation is 2. The quantitative estimate of drug-likeness (QED) is 0.536. The van der Waals surface area contributed by atoms with Gasteiger partial charge in [-0.1, -0.05) is 11.6 Å². The van der Waals surface area contributed by atoms with Crippen molar-refractivity contribution in [2.45, 2.75) is 33.0 Å². The minimum absolute atomic E-state index is 0.0298. The van der Waals surface area contributed by atoms with Gasteiger partial charge in [0.05, 0.1) is 11.0 Å². The number of carbonyl (C=O) groups excluding carboxylic acids is 1. The van der Waals surface area contributed by atoms with Crippen LogP contribution in [-0.2, 0) is 11.0 Å². The van der Waals surface area contributed by atoms with Crippen molar-refractivity contribution in [3.8, 4) is 0 Å². The summed E-state index contributed by atoms with van der Waals surface area (Å²) >= 11 is 5.95. The molecule has 0 unspecified atom stereocenters. The van der Waals surface area contributed by atoms with Crippen molar-refractivity contribution in [3.63, 3.8) is 0 Å². The molecule has 1 aliphatic rings. The second kappa shape index (κ2) is 8.94. The zero-order valence-electron chi connectivity index (χ0n) is 19.0. The van der Waals surface area contributed by atoms with Crippen LogP contribution in [0.25, 0.3) is 11.0 Å². The first-order valence-corrected chi connectivity index (χ1v) is 11.2. The molecule has 6 nitrogen and oxygen atoms in total. The normalized spacial score (nSPS) is 15.6. The van der Waals surface area contributed by atoms with Crippen LogP contribution in [-0.4, -0.2) is 46.5 Å². The lowest BCUT2D eigenvalue weighted by Gasteiger charge is -2.37. The molecule has 0 radical (unpaired) electrons. The topological polar surface area (TPSA) is 58.4 Å². The Morgan fingerprint density at radius 2 is 1.62 bits per heavy atom. The summed E-state index contributed by atoms with van der Waals surface area (Å²) in [6.07, 6.45) is -4.93. The molecule has 4 rings (SSSR count). The monoisotopic (exact) mass is 492 g/mol. The fourth-order valence-corrected chi connectivity index (χ4v) is 4.37. The molecule has 0 bridgehead atoms. The molecule has 1 aromatic heterocycles. The molecule has 1 fully saturated rings. The fourth-order valence-electron chi connectivity index (χ4n) is 4.24. The summed E-state index contributed by atoms with van der Waals surface area (Å²) in [7, 11) is 0. The van der Waals surface area contributed by atoms with Crippen LogP contribution < -0.4 is 10.5 Å². The van der Waals surface area contributed by atoms with E-state index < -0.39 is 29.4 Å². The third kappa shape index (κ3) is 4.49. The summed E-state index contributed by atoms with van der Waals surface area (Å²) in [4.78, 5) is 33.5. The van der Waals surface area contributed by atoms with Crippen molar-refractivity contribution in [1.29, 1.82) is 0 Å². The number of aromatic nitrogens is 2. The summed E-state index contributed by atoms with van der Waals surface area (Å²) in [5.74, 6) is -0.406. The number of halogens is 4. The number of alkyl halides is 3. The second-order valence-electron chi connectivity index (χ2n) is 8.52. The van der Waals surface area contributed by atoms with Gasteiger partial charge in [-0.3, -0.25) is 14.2 Å². The van der Waals surface area contributed by atoms with E-state index in [0.717, 1.165) is 21.4 Å². The molecule has 2 heterocycles. The minimum atomic E-state index is -4.93. The number of carbonyl (C=O) groups is 1. The molecule has 2 aromatic carbocycles. The van der Waals surface area contributed by atoms with Crippen LogP contribution >= 0.6 is 11.6 Å². The lowest BCUT2D eigenvalue weighted by molar-refractivity contribution is -0.143. The van der Waals surface area contributed by atoms with Crippen LogP contribution in [0.2, 0.25) is 5.02 Å². The van der Waals surface area contributed by atoms with E-state index in [-0.39, 0.29) is 11.0 Å². The largest absolute Gasteiger partial charge is 0.438 e. The zero-order valence-corrected chi connectivity index (χ0v) is 19.7. The van der Waals surface area contributed by atoms with Gasteiger partial charge in [-0.05, 0) is 68.3 Å². The maximum absolute atomic E-state index is 13.6. The number of hydrogen-bond donors (Lipinski definition) is 0. The van der Waals surface area contributed by atoms with E-state index in [1.807, 2.05) is 12.1 Å². The third-order valence-corrected chi connectivity index (χ3v) is 6.55. The average Bonchev–Trinajstić information content (AvgIpc) is 2.79. The molecule has 0 N–H and O–H groups in total. The van der Waals surface area contributed by atoms with Crippen LogP contribution in [0.4, 0.5) is 18.9 Å². The Balaban J connectivity index is 1.66. The Kier molecular flexibility index (Phi) is 6.33. The first kappa shape index (κ1) is 24.1. The van der Waals surface area contributed by atoms with Gasteiger partial charge in [0.2, 0.25) is 11.6 Å². The summed E-state index contributed by atoms with van der Waals surface area (Å²) in [5, 5.41) is 0.630. The van der Waals surface area contributed by atoms with Gasteiger partial charge in [-0.2, -0.15) is 13.2 Å². The highest BCUT2D eigenvalue weighted by atomic mass is 35.5. The number of hydrogen-bond acceptors (Lipinski definition) is 4. The van der Waals surface area contributed by atoms with Crippen molar-refractivity contribution in [1.82, 2.24) is 14.5 Å². The second-order valence-corrected chi connectivity index (χ2v) is 8.96. The van der Waals surface area contributed by atoms with Gasteiger partial charge >= 0.3 is 6.18 Å². The predicted molar refractivity (Wildman–Crippen MR) is 125 cm³/mol. The van der Waals surface area contributed by atoms with Gasteiger partial charge in [-0.25, -0.2) is 4.98 Å². The molecular formula is C24H24ClF3N4O2. The SMILES string of the molecule is Cc1cc2nc(C(F)(F)F)c(=O)n([C@@H](C)C(=O)N3CCN(c4ccc(Cl)cc4)CC3)c2cc1C. The molecule has 34 heavy (non-hydrogen) atoms. The Bertz CT molecular complexity index is 1300. The van der Waals surface area contributed by atoms with Crippen LogP contribution in [0.15, 0.2) is 41.2 Å². The summed E-state index contributed by atoms with van der Waals surface area (Å²) in [6.45, 7) is 6.89. The van der Waals surface area contributed by atoms with E-state index >= 15 is 0 Å². The Hall–Kier alpha value is -3.07. The van der Waals surface area contributed by atoms with Gasteiger partial charge in [-0.15, -0.1) is 0 Å². The van der Waals surface area contributed by atoms with Gasteiger partial charge in [0.25, 0.3) is 5.56 Å². The average molecular weight is 493 g/mol. The van der Waals surface area contributed by atoms with Crippen molar-refractivity contribution in [2.75, 3.05) is 31.1 Å². The molecule has 1 atom stereocenters. The molecule has 1 aliphatic heterocycles. The minimum Gasteiger partial charge on any atom is -0.368 e. The lowest BCUT2D eigenvalue weighted by Crippen LogP contribution is -2.51. The first-order chi connectivity index (χ1) is 16.0. The molecule has 10 heteroatoms. The standard InChI is InChI=1S/C24H24ClF3N4O2/c1-14-12-19-20(13-15(14)2)32(23(34)21(29-19)24(26,27)28)16(3)22(33)31-10-8-30(9-11-31)18-6-4-17(25)5-7-18/h4-7,12-13,16H,8-11H2,1-3H3/t16-/m0/s1. The number of rotatable bonds is 3. The highest BCUT2D eigenvalue weighted by molar-refractivity contribution is 6.30. The van der Waals surface area contributed by atoms with Crippen molar-refractivity contribution in [2.24, 2.45) is 0 Å². The van der Waals surface area contributed by atoms with E-state index in [1.54, 1.807) is 36.9 Å². The van der Waals surface area contributed by atoms with E-state index in [1.165, 1.54) is 13.0 Å². The number of anilines is 1. The highest BCUT2D eigenvalue weighted by Gasteiger charge is 2.39. The number of nitrogens with zero attached hydrogens (tertiary/aromatic N) is 4. The van der Waals surface area contributed by atoms with Crippen LogP contribution in [0, 0.1) is 13.8 Å². The van der Waals surface area contributed by atoms with Gasteiger partial charge in [0.1, 0.15) is 6.04 Å². The number of piperazine rings is 1. The highest BCUT2D eigenvalue weighted by Crippen LogP contribution is 2.29.